The molecule has 1 unspecified atom stereocenters. The van der Waals surface area contributed by atoms with Crippen LogP contribution >= 0.6 is 0 Å². The maximum Gasteiger partial charge on any atom is 0.329 e. The minimum Gasteiger partial charge on any atom is -0.492 e. The van der Waals surface area contributed by atoms with Crippen molar-refractivity contribution in [2.24, 2.45) is 0 Å². The number of rotatable bonds is 3. The first-order valence-corrected chi connectivity index (χ1v) is 5.89. The van der Waals surface area contributed by atoms with E-state index in [0.717, 1.165) is 5.56 Å². The van der Waals surface area contributed by atoms with Crippen molar-refractivity contribution in [1.82, 2.24) is 5.32 Å². The third kappa shape index (κ3) is 1.63. The summed E-state index contributed by atoms with van der Waals surface area (Å²) in [5, 5.41) is 11.7. The molecule has 5 heteroatoms. The summed E-state index contributed by atoms with van der Waals surface area (Å²) in [4.78, 5) is 23.1. The third-order valence-electron chi connectivity index (χ3n) is 3.54. The molecular weight excluding hydrogens is 234 g/mol. The van der Waals surface area contributed by atoms with Crippen LogP contribution in [0.1, 0.15) is 24.3 Å². The molecule has 0 radical (unpaired) electrons. The zero-order chi connectivity index (χ0) is 12.8. The number of hydrogen-bond acceptors (Lipinski definition) is 3. The fourth-order valence-electron chi connectivity index (χ4n) is 2.22. The van der Waals surface area contributed by atoms with Crippen LogP contribution in [0.4, 0.5) is 0 Å². The van der Waals surface area contributed by atoms with Gasteiger partial charge in [0.15, 0.2) is 0 Å². The Hall–Kier alpha value is -2.04. The molecule has 1 aliphatic heterocycles. The number of fused-ring (bicyclic) bond motifs is 1. The third-order valence-corrected chi connectivity index (χ3v) is 3.54. The monoisotopic (exact) mass is 247 g/mol. The normalized spacial score (nSPS) is 22.8. The predicted molar refractivity (Wildman–Crippen MR) is 62.4 cm³/mol. The van der Waals surface area contributed by atoms with Gasteiger partial charge in [-0.3, -0.25) is 4.79 Å². The number of benzene rings is 1. The number of nitrogens with one attached hydrogen (secondary N) is 1. The van der Waals surface area contributed by atoms with E-state index < -0.39 is 17.4 Å². The van der Waals surface area contributed by atoms with Crippen molar-refractivity contribution in [3.05, 3.63) is 29.8 Å². The summed E-state index contributed by atoms with van der Waals surface area (Å²) < 4.78 is 5.42. The SMILES string of the molecule is O=C(NC1(C(=O)O)CC1)C1COc2ccccc21. The van der Waals surface area contributed by atoms with Crippen LogP contribution in [0.15, 0.2) is 24.3 Å². The standard InChI is InChI=1S/C13H13NO4/c15-11(14-13(5-6-13)12(16)17)9-7-18-10-4-2-1-3-8(9)10/h1-4,9H,5-7H2,(H,14,15)(H,16,17). The number of carbonyl (C=O) groups excluding carboxylic acids is 1. The van der Waals surface area contributed by atoms with E-state index in [1.807, 2.05) is 24.3 Å². The van der Waals surface area contributed by atoms with Gasteiger partial charge in [-0.1, -0.05) is 18.2 Å². The van der Waals surface area contributed by atoms with Gasteiger partial charge in [-0.2, -0.15) is 0 Å². The van der Waals surface area contributed by atoms with Gasteiger partial charge in [0.25, 0.3) is 0 Å². The first kappa shape index (κ1) is 11.1. The molecule has 0 aromatic heterocycles. The highest BCUT2D eigenvalue weighted by atomic mass is 16.5. The Morgan fingerprint density at radius 1 is 1.33 bits per heavy atom. The Kier molecular flexibility index (Phi) is 2.29. The summed E-state index contributed by atoms with van der Waals surface area (Å²) in [6.07, 6.45) is 1.01. The fraction of sp³-hybridized carbons (Fsp3) is 0.385. The summed E-state index contributed by atoms with van der Waals surface area (Å²) in [5.74, 6) is -0.918. The van der Waals surface area contributed by atoms with E-state index in [9.17, 15) is 9.59 Å². The molecule has 1 aliphatic carbocycles. The molecule has 1 amide bonds. The van der Waals surface area contributed by atoms with Crippen molar-refractivity contribution in [3.8, 4) is 5.75 Å². The summed E-state index contributed by atoms with van der Waals surface area (Å²) >= 11 is 0. The van der Waals surface area contributed by atoms with Gasteiger partial charge in [-0.25, -0.2) is 4.79 Å². The van der Waals surface area contributed by atoms with Gasteiger partial charge < -0.3 is 15.2 Å². The molecule has 0 bridgehead atoms. The number of ether oxygens (including phenoxy) is 1. The van der Waals surface area contributed by atoms with E-state index in [-0.39, 0.29) is 12.5 Å². The largest absolute Gasteiger partial charge is 0.492 e. The minimum atomic E-state index is -1.03. The summed E-state index contributed by atoms with van der Waals surface area (Å²) in [7, 11) is 0. The zero-order valence-corrected chi connectivity index (χ0v) is 9.68. The number of carboxylic acids is 1. The Labute approximate surface area is 104 Å². The van der Waals surface area contributed by atoms with Crippen molar-refractivity contribution in [2.75, 3.05) is 6.61 Å². The van der Waals surface area contributed by atoms with Crippen molar-refractivity contribution < 1.29 is 19.4 Å². The Bertz CT molecular complexity index is 521. The van der Waals surface area contributed by atoms with Crippen LogP contribution in [0.3, 0.4) is 0 Å². The molecule has 0 spiro atoms. The predicted octanol–water partition coefficient (Wildman–Crippen LogP) is 0.896. The van der Waals surface area contributed by atoms with Gasteiger partial charge in [0.05, 0.1) is 0 Å². The lowest BCUT2D eigenvalue weighted by Crippen LogP contribution is -2.45. The van der Waals surface area contributed by atoms with Crippen LogP contribution in [0.5, 0.6) is 5.75 Å². The molecule has 1 aromatic carbocycles. The van der Waals surface area contributed by atoms with E-state index in [1.165, 1.54) is 0 Å². The number of hydrogen-bond donors (Lipinski definition) is 2. The maximum atomic E-state index is 12.1. The highest BCUT2D eigenvalue weighted by Gasteiger charge is 2.52. The highest BCUT2D eigenvalue weighted by molar-refractivity contribution is 5.93. The van der Waals surface area contributed by atoms with Gasteiger partial charge in [-0.15, -0.1) is 0 Å². The van der Waals surface area contributed by atoms with Crippen LogP contribution in [0, 0.1) is 0 Å². The van der Waals surface area contributed by atoms with Gasteiger partial charge in [0.2, 0.25) is 5.91 Å². The molecule has 18 heavy (non-hydrogen) atoms. The lowest BCUT2D eigenvalue weighted by Gasteiger charge is -2.15. The fourth-order valence-corrected chi connectivity index (χ4v) is 2.22. The number of amides is 1. The number of aliphatic carboxylic acids is 1. The maximum absolute atomic E-state index is 12.1. The molecule has 1 atom stereocenters. The van der Waals surface area contributed by atoms with E-state index in [0.29, 0.717) is 18.6 Å². The topological polar surface area (TPSA) is 75.6 Å². The molecule has 1 heterocycles. The van der Waals surface area contributed by atoms with Gasteiger partial charge >= 0.3 is 5.97 Å². The van der Waals surface area contributed by atoms with Crippen molar-refractivity contribution in [1.29, 1.82) is 0 Å². The Balaban J connectivity index is 1.77. The molecule has 94 valence electrons. The molecule has 1 aromatic rings. The molecule has 3 rings (SSSR count). The lowest BCUT2D eigenvalue weighted by molar-refractivity contribution is -0.143. The Morgan fingerprint density at radius 3 is 2.72 bits per heavy atom. The first-order chi connectivity index (χ1) is 8.62. The number of carboxylic acid groups (broad SMARTS) is 1. The number of para-hydroxylation sites is 1. The van der Waals surface area contributed by atoms with Crippen molar-refractivity contribution >= 4 is 11.9 Å². The molecule has 2 N–H and O–H groups in total. The number of carbonyl (C=O) groups is 2. The van der Waals surface area contributed by atoms with E-state index in [2.05, 4.69) is 5.32 Å². The Morgan fingerprint density at radius 2 is 2.06 bits per heavy atom. The molecule has 5 nitrogen and oxygen atoms in total. The van der Waals surface area contributed by atoms with Crippen LogP contribution < -0.4 is 10.1 Å². The van der Waals surface area contributed by atoms with Crippen molar-refractivity contribution in [2.45, 2.75) is 24.3 Å². The second-order valence-corrected chi connectivity index (χ2v) is 4.78. The van der Waals surface area contributed by atoms with E-state index >= 15 is 0 Å². The molecule has 1 fully saturated rings. The van der Waals surface area contributed by atoms with Crippen LogP contribution in [-0.2, 0) is 9.59 Å². The smallest absolute Gasteiger partial charge is 0.329 e. The van der Waals surface area contributed by atoms with E-state index in [1.54, 1.807) is 0 Å². The second-order valence-electron chi connectivity index (χ2n) is 4.78. The van der Waals surface area contributed by atoms with Crippen LogP contribution in [-0.4, -0.2) is 29.1 Å². The quantitative estimate of drug-likeness (QED) is 0.832. The van der Waals surface area contributed by atoms with Crippen molar-refractivity contribution in [3.63, 3.8) is 0 Å². The summed E-state index contributed by atoms with van der Waals surface area (Å²) in [6.45, 7) is 0.279. The van der Waals surface area contributed by atoms with Gasteiger partial charge in [0, 0.05) is 5.56 Å². The molecule has 2 aliphatic rings. The average molecular weight is 247 g/mol. The average Bonchev–Trinajstić information content (AvgIpc) is 3.01. The first-order valence-electron chi connectivity index (χ1n) is 5.89. The summed E-state index contributed by atoms with van der Waals surface area (Å²) in [6, 6.07) is 7.34. The molecule has 0 saturated heterocycles. The van der Waals surface area contributed by atoms with Crippen LogP contribution in [0.2, 0.25) is 0 Å². The molecular formula is C13H13NO4. The zero-order valence-electron chi connectivity index (χ0n) is 9.68. The second kappa shape index (κ2) is 3.73. The van der Waals surface area contributed by atoms with Gasteiger partial charge in [-0.05, 0) is 18.9 Å². The van der Waals surface area contributed by atoms with Crippen LogP contribution in [0.25, 0.3) is 0 Å². The summed E-state index contributed by atoms with van der Waals surface area (Å²) in [5.41, 5.74) is -0.203. The van der Waals surface area contributed by atoms with E-state index in [4.69, 9.17) is 9.84 Å². The molecule has 1 saturated carbocycles. The highest BCUT2D eigenvalue weighted by Crippen LogP contribution is 2.38. The van der Waals surface area contributed by atoms with Gasteiger partial charge in [0.1, 0.15) is 23.8 Å². The minimum absolute atomic E-state index is 0.264. The lowest BCUT2D eigenvalue weighted by atomic mass is 10.00.